The van der Waals surface area contributed by atoms with Crippen molar-refractivity contribution in [2.75, 3.05) is 37.9 Å². The molecular formula is C22H27N5O4S. The molecule has 32 heavy (non-hydrogen) atoms. The summed E-state index contributed by atoms with van der Waals surface area (Å²) in [7, 11) is 0. The molecule has 2 aliphatic heterocycles. The van der Waals surface area contributed by atoms with Gasteiger partial charge in [-0.05, 0) is 56.8 Å². The summed E-state index contributed by atoms with van der Waals surface area (Å²) < 4.78 is 24.2. The summed E-state index contributed by atoms with van der Waals surface area (Å²) >= 11 is 1.27. The molecule has 10 heteroatoms. The molecule has 0 N–H and O–H groups in total. The van der Waals surface area contributed by atoms with E-state index < -0.39 is 0 Å². The highest BCUT2D eigenvalue weighted by Crippen LogP contribution is 2.36. The monoisotopic (exact) mass is 457 g/mol. The predicted molar refractivity (Wildman–Crippen MR) is 121 cm³/mol. The van der Waals surface area contributed by atoms with Crippen molar-refractivity contribution < 1.29 is 19.0 Å². The molecule has 0 amide bonds. The van der Waals surface area contributed by atoms with Crippen LogP contribution >= 0.6 is 11.5 Å². The molecule has 2 aliphatic rings. The van der Waals surface area contributed by atoms with Crippen LogP contribution in [-0.4, -0.2) is 64.1 Å². The highest BCUT2D eigenvalue weighted by molar-refractivity contribution is 7.14. The fourth-order valence-electron chi connectivity index (χ4n) is 4.30. The second-order valence-corrected chi connectivity index (χ2v) is 8.83. The Morgan fingerprint density at radius 1 is 1.34 bits per heavy atom. The summed E-state index contributed by atoms with van der Waals surface area (Å²) in [5, 5.41) is 4.52. The van der Waals surface area contributed by atoms with Crippen LogP contribution < -0.4 is 4.90 Å². The standard InChI is InChI=1S/C22H27N5O4S/c1-3-30-22(28)15-12-17(26-9-11-29-13-14(26)2)24-20-19(25-32-21(15)20)16-7-8-23-27(16)18-6-4-5-10-31-18/h7-8,12,14,18H,3-6,9-11,13H2,1-2H3/t14-,18?/m1/s1. The molecule has 0 spiro atoms. The highest BCUT2D eigenvalue weighted by atomic mass is 32.1. The largest absolute Gasteiger partial charge is 0.462 e. The molecule has 0 saturated carbocycles. The van der Waals surface area contributed by atoms with Gasteiger partial charge in [0.25, 0.3) is 0 Å². The maximum atomic E-state index is 12.8. The average molecular weight is 458 g/mol. The van der Waals surface area contributed by atoms with Gasteiger partial charge in [-0.1, -0.05) is 0 Å². The maximum Gasteiger partial charge on any atom is 0.339 e. The maximum absolute atomic E-state index is 12.8. The molecule has 2 saturated heterocycles. The number of morpholine rings is 1. The number of rotatable bonds is 5. The van der Waals surface area contributed by atoms with E-state index in [0.717, 1.165) is 42.1 Å². The lowest BCUT2D eigenvalue weighted by Gasteiger charge is -2.34. The van der Waals surface area contributed by atoms with E-state index in [2.05, 4.69) is 16.9 Å². The van der Waals surface area contributed by atoms with E-state index in [1.165, 1.54) is 11.5 Å². The number of aromatic nitrogens is 4. The third-order valence-electron chi connectivity index (χ3n) is 5.91. The van der Waals surface area contributed by atoms with Gasteiger partial charge in [0.1, 0.15) is 17.0 Å². The fraction of sp³-hybridized carbons (Fsp3) is 0.545. The van der Waals surface area contributed by atoms with E-state index in [1.54, 1.807) is 6.20 Å². The van der Waals surface area contributed by atoms with E-state index in [1.807, 2.05) is 23.7 Å². The van der Waals surface area contributed by atoms with Crippen LogP contribution in [0.1, 0.15) is 49.7 Å². The van der Waals surface area contributed by atoms with Crippen LogP contribution in [0.5, 0.6) is 0 Å². The Balaban J connectivity index is 1.64. The normalized spacial score (nSPS) is 21.8. The van der Waals surface area contributed by atoms with Crippen LogP contribution in [0.15, 0.2) is 18.3 Å². The van der Waals surface area contributed by atoms with Crippen molar-refractivity contribution in [3.8, 4) is 11.4 Å². The molecule has 3 aromatic heterocycles. The Morgan fingerprint density at radius 3 is 3.03 bits per heavy atom. The van der Waals surface area contributed by atoms with Gasteiger partial charge >= 0.3 is 5.97 Å². The van der Waals surface area contributed by atoms with Gasteiger partial charge in [0, 0.05) is 19.3 Å². The van der Waals surface area contributed by atoms with Crippen molar-refractivity contribution in [2.24, 2.45) is 0 Å². The lowest BCUT2D eigenvalue weighted by molar-refractivity contribution is -0.0383. The third kappa shape index (κ3) is 3.87. The molecule has 9 nitrogen and oxygen atoms in total. The van der Waals surface area contributed by atoms with Gasteiger partial charge in [0.15, 0.2) is 6.23 Å². The minimum absolute atomic E-state index is 0.113. The molecule has 5 heterocycles. The first-order valence-electron chi connectivity index (χ1n) is 11.1. The topological polar surface area (TPSA) is 91.6 Å². The molecule has 2 atom stereocenters. The SMILES string of the molecule is CCOC(=O)c1cc(N2CCOC[C@H]2C)nc2c(-c3ccnn3C3CCCCO3)nsc12. The Morgan fingerprint density at radius 2 is 2.25 bits per heavy atom. The molecule has 5 rings (SSSR count). The number of esters is 1. The van der Waals surface area contributed by atoms with E-state index in [4.69, 9.17) is 23.6 Å². The Kier molecular flexibility index (Phi) is 6.07. The zero-order chi connectivity index (χ0) is 22.1. The number of carbonyl (C=O) groups excluding carboxylic acids is 1. The molecular weight excluding hydrogens is 430 g/mol. The van der Waals surface area contributed by atoms with E-state index >= 15 is 0 Å². The molecule has 1 unspecified atom stereocenters. The molecule has 0 aliphatic carbocycles. The van der Waals surface area contributed by atoms with Gasteiger partial charge in [0.05, 0.1) is 41.8 Å². The highest BCUT2D eigenvalue weighted by Gasteiger charge is 2.28. The number of pyridine rings is 1. The lowest BCUT2D eigenvalue weighted by Crippen LogP contribution is -2.44. The van der Waals surface area contributed by atoms with Crippen LogP contribution in [0, 0.1) is 0 Å². The number of nitrogens with zero attached hydrogens (tertiary/aromatic N) is 5. The molecule has 2 fully saturated rings. The quantitative estimate of drug-likeness (QED) is 0.536. The van der Waals surface area contributed by atoms with Crippen LogP contribution in [0.2, 0.25) is 0 Å². The van der Waals surface area contributed by atoms with Crippen molar-refractivity contribution in [1.29, 1.82) is 0 Å². The van der Waals surface area contributed by atoms with E-state index in [-0.39, 0.29) is 18.2 Å². The van der Waals surface area contributed by atoms with Crippen LogP contribution in [0.25, 0.3) is 21.6 Å². The Labute approximate surface area is 190 Å². The minimum Gasteiger partial charge on any atom is -0.462 e. The van der Waals surface area contributed by atoms with Crippen molar-refractivity contribution >= 4 is 33.5 Å². The number of hydrogen-bond acceptors (Lipinski definition) is 9. The van der Waals surface area contributed by atoms with Gasteiger partial charge in [-0.15, -0.1) is 0 Å². The smallest absolute Gasteiger partial charge is 0.339 e. The lowest BCUT2D eigenvalue weighted by atomic mass is 10.1. The fourth-order valence-corrected chi connectivity index (χ4v) is 5.13. The average Bonchev–Trinajstić information content (AvgIpc) is 3.46. The van der Waals surface area contributed by atoms with Gasteiger partial charge in [0.2, 0.25) is 0 Å². The number of hydrogen-bond donors (Lipinski definition) is 0. The van der Waals surface area contributed by atoms with Gasteiger partial charge in [-0.25, -0.2) is 14.5 Å². The predicted octanol–water partition coefficient (Wildman–Crippen LogP) is 3.66. The van der Waals surface area contributed by atoms with Crippen molar-refractivity contribution in [1.82, 2.24) is 19.1 Å². The van der Waals surface area contributed by atoms with Gasteiger partial charge < -0.3 is 19.1 Å². The molecule has 170 valence electrons. The number of fused-ring (bicyclic) bond motifs is 1. The summed E-state index contributed by atoms with van der Waals surface area (Å²) in [5.41, 5.74) is 2.74. The summed E-state index contributed by atoms with van der Waals surface area (Å²) in [6.07, 6.45) is 4.73. The Bertz CT molecular complexity index is 1110. The van der Waals surface area contributed by atoms with Crippen molar-refractivity contribution in [3.63, 3.8) is 0 Å². The van der Waals surface area contributed by atoms with Crippen LogP contribution in [-0.2, 0) is 14.2 Å². The van der Waals surface area contributed by atoms with Crippen LogP contribution in [0.3, 0.4) is 0 Å². The third-order valence-corrected chi connectivity index (χ3v) is 6.78. The summed E-state index contributed by atoms with van der Waals surface area (Å²) in [6, 6.07) is 3.91. The van der Waals surface area contributed by atoms with E-state index in [0.29, 0.717) is 43.1 Å². The first kappa shape index (κ1) is 21.3. The van der Waals surface area contributed by atoms with Gasteiger partial charge in [-0.2, -0.15) is 9.47 Å². The first-order chi connectivity index (χ1) is 15.7. The number of ether oxygens (including phenoxy) is 3. The van der Waals surface area contributed by atoms with E-state index in [9.17, 15) is 4.79 Å². The molecule has 3 aromatic rings. The second-order valence-electron chi connectivity index (χ2n) is 8.06. The Hall–Kier alpha value is -2.56. The minimum atomic E-state index is -0.360. The summed E-state index contributed by atoms with van der Waals surface area (Å²) in [5.74, 6) is 0.374. The molecule has 0 aromatic carbocycles. The first-order valence-corrected chi connectivity index (χ1v) is 11.9. The summed E-state index contributed by atoms with van der Waals surface area (Å²) in [6.45, 7) is 6.89. The van der Waals surface area contributed by atoms with Crippen molar-refractivity contribution in [3.05, 3.63) is 23.9 Å². The van der Waals surface area contributed by atoms with Crippen LogP contribution in [0.4, 0.5) is 5.82 Å². The van der Waals surface area contributed by atoms with Gasteiger partial charge in [-0.3, -0.25) is 0 Å². The second kappa shape index (κ2) is 9.13. The molecule has 0 bridgehead atoms. The zero-order valence-electron chi connectivity index (χ0n) is 18.3. The summed E-state index contributed by atoms with van der Waals surface area (Å²) in [4.78, 5) is 20.0. The van der Waals surface area contributed by atoms with Crippen molar-refractivity contribution in [2.45, 2.75) is 45.4 Å². The molecule has 0 radical (unpaired) electrons. The number of anilines is 1. The zero-order valence-corrected chi connectivity index (χ0v) is 19.1. The number of carbonyl (C=O) groups is 1.